The van der Waals surface area contributed by atoms with Crippen LogP contribution in [0.5, 0.6) is 0 Å². The molecule has 0 amide bonds. The first-order valence-corrected chi connectivity index (χ1v) is 3.10. The van der Waals surface area contributed by atoms with Crippen molar-refractivity contribution >= 4 is 7.82 Å². The molecule has 0 fully saturated rings. The van der Waals surface area contributed by atoms with E-state index in [-0.39, 0.29) is 1.43 Å². The van der Waals surface area contributed by atoms with Crippen LogP contribution in [0.25, 0.3) is 0 Å². The SMILES string of the molecule is O=P(O)(O)O.[H+].[O]=[V+2]. The van der Waals surface area contributed by atoms with Crippen LogP contribution in [-0.4, -0.2) is 14.7 Å². The molecular weight excluding hydrogens is 162 g/mol. The monoisotopic (exact) mass is 166 g/mol. The van der Waals surface area contributed by atoms with Crippen molar-refractivity contribution in [1.82, 2.24) is 0 Å². The molecule has 0 heterocycles. The number of hydrogen-bond donors (Lipinski definition) is 3. The third kappa shape index (κ3) is 537. The van der Waals surface area contributed by atoms with Gasteiger partial charge < -0.3 is 14.7 Å². The predicted molar refractivity (Wildman–Crippen MR) is 16.1 cm³/mol. The van der Waals surface area contributed by atoms with Gasteiger partial charge in [-0.15, -0.1) is 0 Å². The van der Waals surface area contributed by atoms with Gasteiger partial charge in [-0.3, -0.25) is 0 Å². The van der Waals surface area contributed by atoms with Gasteiger partial charge in [0.05, 0.1) is 0 Å². The van der Waals surface area contributed by atoms with E-state index in [0.717, 1.165) is 17.4 Å². The average Bonchev–Trinajstić information content (AvgIpc) is 1.36. The van der Waals surface area contributed by atoms with Gasteiger partial charge in [-0.05, 0) is 0 Å². The fraction of sp³-hybridized carbons (Fsp3) is 0. The summed E-state index contributed by atoms with van der Waals surface area (Å²) in [6, 6.07) is 0. The summed E-state index contributed by atoms with van der Waals surface area (Å²) in [6.45, 7) is 0. The van der Waals surface area contributed by atoms with Gasteiger partial charge in [-0.1, -0.05) is 0 Å². The summed E-state index contributed by atoms with van der Waals surface area (Å²) in [5.41, 5.74) is 0. The van der Waals surface area contributed by atoms with Crippen LogP contribution >= 0.6 is 7.82 Å². The Kier molecular flexibility index (Phi) is 6.95. The fourth-order valence-electron chi connectivity index (χ4n) is 0. The molecule has 0 bridgehead atoms. The summed E-state index contributed by atoms with van der Waals surface area (Å²) < 4.78 is 17.1. The molecule has 0 saturated carbocycles. The molecule has 0 unspecified atom stereocenters. The van der Waals surface area contributed by atoms with Crippen molar-refractivity contribution in [1.29, 1.82) is 0 Å². The zero-order valence-electron chi connectivity index (χ0n) is 4.05. The van der Waals surface area contributed by atoms with Gasteiger partial charge in [0.2, 0.25) is 0 Å². The molecule has 0 aliphatic carbocycles. The molecule has 3 N–H and O–H groups in total. The summed E-state index contributed by atoms with van der Waals surface area (Å²) in [5.74, 6) is 0. The third-order valence-corrected chi connectivity index (χ3v) is 0. The van der Waals surface area contributed by atoms with Gasteiger partial charge in [-0.25, -0.2) is 4.57 Å². The molecule has 0 aliphatic rings. The van der Waals surface area contributed by atoms with E-state index in [1.165, 1.54) is 0 Å². The van der Waals surface area contributed by atoms with Crippen molar-refractivity contribution in [3.63, 3.8) is 0 Å². The van der Waals surface area contributed by atoms with E-state index in [1.54, 1.807) is 0 Å². The van der Waals surface area contributed by atoms with Gasteiger partial charge in [0.25, 0.3) is 0 Å². The van der Waals surface area contributed by atoms with Crippen LogP contribution in [0.2, 0.25) is 0 Å². The normalized spacial score (nSPS) is 9.29. The van der Waals surface area contributed by atoms with Crippen LogP contribution in [-0.2, 0) is 25.6 Å². The first kappa shape index (κ1) is 10.5. The Morgan fingerprint density at radius 2 is 1.29 bits per heavy atom. The first-order chi connectivity index (χ1) is 3.00. The average molecular weight is 166 g/mol. The molecular formula is H4O5PV+3. The molecule has 0 aliphatic heterocycles. The van der Waals surface area contributed by atoms with Gasteiger partial charge in [0, 0.05) is 0 Å². The van der Waals surface area contributed by atoms with Crippen molar-refractivity contribution in [2.24, 2.45) is 0 Å². The maximum absolute atomic E-state index is 8.88. The topological polar surface area (TPSA) is 94.8 Å². The van der Waals surface area contributed by atoms with Crippen LogP contribution in [0.15, 0.2) is 0 Å². The molecule has 0 rings (SSSR count). The summed E-state index contributed by atoms with van der Waals surface area (Å²) in [5, 5.41) is 0. The van der Waals surface area contributed by atoms with Crippen molar-refractivity contribution in [3.8, 4) is 0 Å². The number of phosphoric acid groups is 1. The van der Waals surface area contributed by atoms with Crippen molar-refractivity contribution in [3.05, 3.63) is 0 Å². The second kappa shape index (κ2) is 4.65. The number of rotatable bonds is 0. The van der Waals surface area contributed by atoms with Gasteiger partial charge in [0.1, 0.15) is 0 Å². The second-order valence-electron chi connectivity index (χ2n) is 0.513. The molecule has 0 radical (unpaired) electrons. The van der Waals surface area contributed by atoms with Gasteiger partial charge in [-0.2, -0.15) is 0 Å². The fourth-order valence-corrected chi connectivity index (χ4v) is 0. The summed E-state index contributed by atoms with van der Waals surface area (Å²) >= 11 is 1.06. The van der Waals surface area contributed by atoms with Crippen LogP contribution in [0, 0.1) is 0 Å². The molecule has 0 aromatic rings. The molecule has 0 spiro atoms. The van der Waals surface area contributed by atoms with Gasteiger partial charge >= 0.3 is 30.3 Å². The third-order valence-electron chi connectivity index (χ3n) is 0. The molecule has 0 atom stereocenters. The Morgan fingerprint density at radius 3 is 1.29 bits per heavy atom. The van der Waals surface area contributed by atoms with E-state index >= 15 is 0 Å². The van der Waals surface area contributed by atoms with Crippen LogP contribution in [0.1, 0.15) is 1.43 Å². The first-order valence-electron chi connectivity index (χ1n) is 0.965. The summed E-state index contributed by atoms with van der Waals surface area (Å²) in [6.07, 6.45) is 0. The molecule has 41 valence electrons. The minimum absolute atomic E-state index is 0. The van der Waals surface area contributed by atoms with E-state index in [9.17, 15) is 0 Å². The zero-order chi connectivity index (χ0) is 6.50. The molecule has 0 aromatic carbocycles. The van der Waals surface area contributed by atoms with E-state index < -0.39 is 7.82 Å². The Morgan fingerprint density at radius 1 is 1.29 bits per heavy atom. The Balaban J connectivity index is -0.0000000750. The van der Waals surface area contributed by atoms with Crippen molar-refractivity contribution < 1.29 is 41.7 Å². The van der Waals surface area contributed by atoms with Crippen LogP contribution in [0.3, 0.4) is 0 Å². The summed E-state index contributed by atoms with van der Waals surface area (Å²) in [7, 11) is -4.64. The molecule has 7 heteroatoms. The van der Waals surface area contributed by atoms with Crippen LogP contribution < -0.4 is 0 Å². The van der Waals surface area contributed by atoms with E-state index in [4.69, 9.17) is 22.9 Å². The van der Waals surface area contributed by atoms with Crippen molar-refractivity contribution in [2.45, 2.75) is 0 Å². The van der Waals surface area contributed by atoms with E-state index in [2.05, 4.69) is 0 Å². The zero-order valence-corrected chi connectivity index (χ0v) is 5.34. The Bertz CT molecular complexity index is 68.2. The quantitative estimate of drug-likeness (QED) is 0.403. The maximum atomic E-state index is 8.88. The Labute approximate surface area is 50.3 Å². The van der Waals surface area contributed by atoms with Gasteiger partial charge in [0.15, 0.2) is 0 Å². The second-order valence-corrected chi connectivity index (χ2v) is 1.54. The minimum atomic E-state index is -4.64. The number of hydrogen-bond acceptors (Lipinski definition) is 2. The van der Waals surface area contributed by atoms with E-state index in [1.807, 2.05) is 0 Å². The molecule has 0 aromatic heterocycles. The predicted octanol–water partition coefficient (Wildman–Crippen LogP) is -0.937. The standard InChI is InChI=1S/H3O4P.O.V/c1-5(2,3)4;;/h(H3,1,2,3,4);;/q;;+2/p+1. The van der Waals surface area contributed by atoms with Crippen molar-refractivity contribution in [2.75, 3.05) is 0 Å². The van der Waals surface area contributed by atoms with Crippen LogP contribution in [0.4, 0.5) is 0 Å². The molecule has 0 saturated heterocycles. The molecule has 7 heavy (non-hydrogen) atoms. The van der Waals surface area contributed by atoms with E-state index in [0.29, 0.717) is 0 Å². The summed E-state index contributed by atoms with van der Waals surface area (Å²) in [4.78, 5) is 21.6. The molecule has 5 nitrogen and oxygen atoms in total. The Hall–Kier alpha value is 0.494.